The number of halogens is 2. The first kappa shape index (κ1) is 40.2. The average molecular weight is 817 g/mol. The van der Waals surface area contributed by atoms with Crippen LogP contribution in [0.3, 0.4) is 0 Å². The van der Waals surface area contributed by atoms with Crippen LogP contribution in [-0.4, -0.2) is 81.1 Å². The molecule has 2 saturated heterocycles. The zero-order valence-electron chi connectivity index (χ0n) is 32.4. The second kappa shape index (κ2) is 17.7. The van der Waals surface area contributed by atoms with Crippen molar-refractivity contribution in [3.05, 3.63) is 176 Å². The van der Waals surface area contributed by atoms with Crippen molar-refractivity contribution in [3.63, 3.8) is 0 Å². The second-order valence-corrected chi connectivity index (χ2v) is 15.4. The predicted molar refractivity (Wildman–Crippen MR) is 214 cm³/mol. The molecular weight excluding hydrogens is 775 g/mol. The molecule has 60 heavy (non-hydrogen) atoms. The van der Waals surface area contributed by atoms with Crippen LogP contribution in [0.2, 0.25) is 0 Å². The fourth-order valence-corrected chi connectivity index (χ4v) is 8.90. The third-order valence-corrected chi connectivity index (χ3v) is 12.0. The van der Waals surface area contributed by atoms with Gasteiger partial charge in [-0.2, -0.15) is 10.2 Å². The second-order valence-electron chi connectivity index (χ2n) is 15.4. The molecule has 17 heteroatoms. The lowest BCUT2D eigenvalue weighted by molar-refractivity contribution is -0.385. The maximum absolute atomic E-state index is 14.8. The van der Waals surface area contributed by atoms with E-state index < -0.39 is 9.85 Å². The maximum atomic E-state index is 14.8. The number of carbonyl (C=O) groups excluding carboxylic acids is 1. The molecule has 8 rings (SSSR count). The molecule has 308 valence electrons. The van der Waals surface area contributed by atoms with E-state index in [1.54, 1.807) is 70.5 Å². The van der Waals surface area contributed by atoms with Crippen molar-refractivity contribution in [3.8, 4) is 0 Å². The number of nitrogens with zero attached hydrogens (tertiary/aromatic N) is 10. The van der Waals surface area contributed by atoms with Crippen LogP contribution in [-0.2, 0) is 4.79 Å². The van der Waals surface area contributed by atoms with Crippen molar-refractivity contribution >= 4 is 17.2 Å². The molecule has 2 aliphatic heterocycles. The number of likely N-dealkylation sites (tertiary alicyclic amines) is 2. The Morgan fingerprint density at radius 3 is 1.33 bits per heavy atom. The van der Waals surface area contributed by atoms with Gasteiger partial charge in [-0.05, 0) is 85.3 Å². The highest BCUT2D eigenvalue weighted by atomic mass is 19.1. The van der Waals surface area contributed by atoms with Crippen LogP contribution in [0.1, 0.15) is 72.1 Å². The summed E-state index contributed by atoms with van der Waals surface area (Å²) in [6, 6.07) is 24.3. The zero-order valence-corrected chi connectivity index (χ0v) is 32.4. The molecular formula is C43H42F2N10O5. The van der Waals surface area contributed by atoms with Gasteiger partial charge in [0.2, 0.25) is 0 Å². The summed E-state index contributed by atoms with van der Waals surface area (Å²) in [5, 5.41) is 31.7. The molecule has 2 fully saturated rings. The van der Waals surface area contributed by atoms with Crippen molar-refractivity contribution in [2.75, 3.05) is 26.2 Å². The zero-order chi connectivity index (χ0) is 41.8. The Balaban J connectivity index is 1.04. The molecule has 0 N–H and O–H groups in total. The summed E-state index contributed by atoms with van der Waals surface area (Å²) in [5.74, 6) is -1.13. The van der Waals surface area contributed by atoms with Gasteiger partial charge >= 0.3 is 0 Å². The summed E-state index contributed by atoms with van der Waals surface area (Å²) < 4.78 is 31.9. The Hall–Kier alpha value is -6.59. The van der Waals surface area contributed by atoms with Crippen molar-refractivity contribution < 1.29 is 23.4 Å². The van der Waals surface area contributed by atoms with Gasteiger partial charge in [-0.15, -0.1) is 0 Å². The monoisotopic (exact) mass is 816 g/mol. The molecule has 0 saturated carbocycles. The fourth-order valence-electron chi connectivity index (χ4n) is 8.90. The van der Waals surface area contributed by atoms with Gasteiger partial charge in [-0.3, -0.25) is 34.8 Å². The van der Waals surface area contributed by atoms with Gasteiger partial charge in [0.15, 0.2) is 0 Å². The molecule has 6 unspecified atom stereocenters. The summed E-state index contributed by atoms with van der Waals surface area (Å²) >= 11 is 0. The lowest BCUT2D eigenvalue weighted by Crippen LogP contribution is -2.46. The maximum Gasteiger partial charge on any atom is 0.269 e. The molecule has 0 amide bonds. The minimum Gasteiger partial charge on any atom is -0.299 e. The summed E-state index contributed by atoms with van der Waals surface area (Å²) in [7, 11) is 0. The molecule has 0 spiro atoms. The van der Waals surface area contributed by atoms with E-state index in [9.17, 15) is 33.8 Å². The first-order valence-corrected chi connectivity index (χ1v) is 19.8. The Kier molecular flexibility index (Phi) is 11.9. The molecule has 4 aromatic carbocycles. The fraction of sp³-hybridized carbons (Fsp3) is 0.326. The standard InChI is InChI=1S/C43H42F2N10O5/c44-35-9-1-29(2-10-35)39-21-33(17-19-50(39)23-41(52-27-46-25-48-52)31-5-13-37(14-6-31)54(57)58)43(56)34-18-20-51(40(22-34)30-3-11-36(45)12-4-30)24-42(53-28-47-26-49-53)32-7-15-38(16-8-32)55(59)60/h1-16,25-28,33-34,39-42H,17-24H2. The van der Waals surface area contributed by atoms with E-state index >= 15 is 0 Å². The Morgan fingerprint density at radius 2 is 1.00 bits per heavy atom. The minimum atomic E-state index is -0.441. The number of piperidine rings is 2. The third kappa shape index (κ3) is 8.86. The largest absolute Gasteiger partial charge is 0.299 e. The van der Waals surface area contributed by atoms with Crippen LogP contribution < -0.4 is 0 Å². The van der Waals surface area contributed by atoms with E-state index in [2.05, 4.69) is 30.0 Å². The normalized spacial score (nSPS) is 21.0. The number of benzene rings is 4. The van der Waals surface area contributed by atoms with E-state index in [1.807, 2.05) is 0 Å². The quantitative estimate of drug-likeness (QED) is 0.0797. The molecule has 6 aromatic rings. The average Bonchev–Trinajstić information content (AvgIpc) is 4.02. The number of carbonyl (C=O) groups is 1. The van der Waals surface area contributed by atoms with Crippen molar-refractivity contribution in [2.24, 2.45) is 11.8 Å². The van der Waals surface area contributed by atoms with E-state index in [4.69, 9.17) is 0 Å². The molecule has 2 aliphatic rings. The van der Waals surface area contributed by atoms with Gasteiger partial charge in [-0.25, -0.2) is 28.1 Å². The number of ketones is 1. The number of nitro benzene ring substituents is 2. The summed E-state index contributed by atoms with van der Waals surface area (Å²) in [6.45, 7) is 2.03. The molecule has 2 aromatic heterocycles. The van der Waals surface area contributed by atoms with Gasteiger partial charge in [0.05, 0.1) is 21.9 Å². The van der Waals surface area contributed by atoms with Gasteiger partial charge in [0.1, 0.15) is 42.7 Å². The Morgan fingerprint density at radius 1 is 0.617 bits per heavy atom. The Labute approximate surface area is 343 Å². The highest BCUT2D eigenvalue weighted by Crippen LogP contribution is 2.42. The van der Waals surface area contributed by atoms with Crippen LogP contribution in [0.15, 0.2) is 122 Å². The van der Waals surface area contributed by atoms with Crippen LogP contribution in [0.4, 0.5) is 20.2 Å². The number of rotatable bonds is 14. The molecule has 15 nitrogen and oxygen atoms in total. The summed E-state index contributed by atoms with van der Waals surface area (Å²) in [6.07, 6.45) is 8.30. The van der Waals surface area contributed by atoms with Gasteiger partial charge in [0.25, 0.3) is 11.4 Å². The summed E-state index contributed by atoms with van der Waals surface area (Å²) in [5.41, 5.74) is 3.32. The lowest BCUT2D eigenvalue weighted by atomic mass is 9.75. The highest BCUT2D eigenvalue weighted by molar-refractivity contribution is 5.84. The smallest absolute Gasteiger partial charge is 0.269 e. The van der Waals surface area contributed by atoms with Gasteiger partial charge < -0.3 is 0 Å². The Bertz CT molecular complexity index is 2220. The van der Waals surface area contributed by atoms with Crippen molar-refractivity contribution in [1.82, 2.24) is 39.3 Å². The number of hydrogen-bond acceptors (Lipinski definition) is 11. The van der Waals surface area contributed by atoms with E-state index in [1.165, 1.54) is 61.2 Å². The molecule has 6 atom stereocenters. The number of Topliss-reactive ketones (excluding diaryl/α,β-unsaturated/α-hetero) is 1. The van der Waals surface area contributed by atoms with Crippen LogP contribution in [0.25, 0.3) is 0 Å². The van der Waals surface area contributed by atoms with Gasteiger partial charge in [-0.1, -0.05) is 48.5 Å². The molecule has 0 radical (unpaired) electrons. The number of nitro groups is 2. The van der Waals surface area contributed by atoms with Gasteiger partial charge in [0, 0.05) is 61.3 Å². The van der Waals surface area contributed by atoms with Crippen LogP contribution in [0.5, 0.6) is 0 Å². The number of aromatic nitrogens is 6. The first-order chi connectivity index (χ1) is 29.1. The van der Waals surface area contributed by atoms with Crippen molar-refractivity contribution in [1.29, 1.82) is 0 Å². The number of hydrogen-bond donors (Lipinski definition) is 0. The molecule has 0 bridgehead atoms. The van der Waals surface area contributed by atoms with E-state index in [0.29, 0.717) is 51.9 Å². The lowest BCUT2D eigenvalue weighted by Gasteiger charge is -2.44. The van der Waals surface area contributed by atoms with Crippen LogP contribution in [0, 0.1) is 43.7 Å². The predicted octanol–water partition coefficient (Wildman–Crippen LogP) is 7.32. The van der Waals surface area contributed by atoms with E-state index in [0.717, 1.165) is 22.3 Å². The topological polar surface area (TPSA) is 171 Å². The summed E-state index contributed by atoms with van der Waals surface area (Å²) in [4.78, 5) is 49.6. The first-order valence-electron chi connectivity index (χ1n) is 19.8. The minimum absolute atomic E-state index is 0.0216. The van der Waals surface area contributed by atoms with Crippen molar-refractivity contribution in [2.45, 2.75) is 49.9 Å². The third-order valence-electron chi connectivity index (χ3n) is 12.0. The molecule has 0 aliphatic carbocycles. The number of non-ortho nitro benzene ring substituents is 2. The van der Waals surface area contributed by atoms with Crippen LogP contribution >= 0.6 is 0 Å². The molecule has 4 heterocycles. The highest BCUT2D eigenvalue weighted by Gasteiger charge is 2.41. The van der Waals surface area contributed by atoms with E-state index in [-0.39, 0.29) is 64.8 Å². The SMILES string of the molecule is O=C(C1CCN(CC(c2ccc([N+](=O)[O-])cc2)n2cncn2)C(c2ccc(F)cc2)C1)C1CCN(CC(c2ccc([N+](=O)[O-])cc2)n2cncn2)C(c2ccc(F)cc2)C1.